The lowest BCUT2D eigenvalue weighted by Crippen LogP contribution is -2.31. The van der Waals surface area contributed by atoms with Crippen molar-refractivity contribution < 1.29 is 13.2 Å². The van der Waals surface area contributed by atoms with E-state index in [-0.39, 0.29) is 6.10 Å². The van der Waals surface area contributed by atoms with Crippen LogP contribution in [0.3, 0.4) is 0 Å². The highest BCUT2D eigenvalue weighted by Crippen LogP contribution is 2.22. The predicted molar refractivity (Wildman–Crippen MR) is 51.0 cm³/mol. The summed E-state index contributed by atoms with van der Waals surface area (Å²) in [5, 5.41) is 0. The Labute approximate surface area is 79.7 Å². The van der Waals surface area contributed by atoms with E-state index < -0.39 is 10.0 Å². The Morgan fingerprint density at radius 3 is 2.77 bits per heavy atom. The van der Waals surface area contributed by atoms with E-state index in [0.29, 0.717) is 12.5 Å². The second-order valence-electron chi connectivity index (χ2n) is 3.49. The largest absolute Gasteiger partial charge is 0.378 e. The summed E-state index contributed by atoms with van der Waals surface area (Å²) in [6, 6.07) is 0. The molecule has 1 rings (SSSR count). The lowest BCUT2D eigenvalue weighted by atomic mass is 10.0. The molecule has 0 aliphatic carbocycles. The van der Waals surface area contributed by atoms with Gasteiger partial charge in [-0.25, -0.2) is 13.1 Å². The molecular formula is C8H17NO3S. The molecule has 1 aliphatic heterocycles. The molecule has 1 saturated heterocycles. The summed E-state index contributed by atoms with van der Waals surface area (Å²) in [6.45, 7) is 3.33. The topological polar surface area (TPSA) is 55.4 Å². The van der Waals surface area contributed by atoms with Crippen molar-refractivity contribution in [2.24, 2.45) is 5.92 Å². The van der Waals surface area contributed by atoms with E-state index in [0.717, 1.165) is 19.4 Å². The molecule has 2 unspecified atom stereocenters. The van der Waals surface area contributed by atoms with Crippen molar-refractivity contribution in [1.82, 2.24) is 4.72 Å². The van der Waals surface area contributed by atoms with Gasteiger partial charge in [0.05, 0.1) is 12.4 Å². The van der Waals surface area contributed by atoms with E-state index in [9.17, 15) is 8.42 Å². The van der Waals surface area contributed by atoms with Crippen LogP contribution in [0.15, 0.2) is 0 Å². The summed E-state index contributed by atoms with van der Waals surface area (Å²) in [6.07, 6.45) is 3.33. The Balaban J connectivity index is 2.36. The van der Waals surface area contributed by atoms with Gasteiger partial charge in [0, 0.05) is 19.1 Å². The van der Waals surface area contributed by atoms with Gasteiger partial charge in [-0.3, -0.25) is 0 Å². The molecule has 1 N–H and O–H groups in total. The summed E-state index contributed by atoms with van der Waals surface area (Å²) >= 11 is 0. The highest BCUT2D eigenvalue weighted by Gasteiger charge is 2.26. The van der Waals surface area contributed by atoms with Gasteiger partial charge >= 0.3 is 0 Å². The fraction of sp³-hybridized carbons (Fsp3) is 1.00. The summed E-state index contributed by atoms with van der Waals surface area (Å²) in [5.74, 6) is 0.347. The van der Waals surface area contributed by atoms with Crippen LogP contribution < -0.4 is 4.72 Å². The molecule has 5 heteroatoms. The maximum atomic E-state index is 10.8. The highest BCUT2D eigenvalue weighted by molar-refractivity contribution is 7.88. The molecule has 0 bridgehead atoms. The highest BCUT2D eigenvalue weighted by atomic mass is 32.2. The van der Waals surface area contributed by atoms with Gasteiger partial charge in [-0.15, -0.1) is 0 Å². The van der Waals surface area contributed by atoms with Gasteiger partial charge in [-0.1, -0.05) is 6.92 Å². The van der Waals surface area contributed by atoms with Crippen molar-refractivity contribution in [2.75, 3.05) is 19.4 Å². The number of sulfonamides is 1. The number of hydrogen-bond donors (Lipinski definition) is 1. The predicted octanol–water partition coefficient (Wildman–Crippen LogP) is 0.351. The van der Waals surface area contributed by atoms with Crippen molar-refractivity contribution in [2.45, 2.75) is 25.9 Å². The Morgan fingerprint density at radius 2 is 2.23 bits per heavy atom. The van der Waals surface area contributed by atoms with E-state index in [1.165, 1.54) is 6.26 Å². The van der Waals surface area contributed by atoms with Crippen LogP contribution in [-0.2, 0) is 14.8 Å². The second kappa shape index (κ2) is 4.39. The maximum absolute atomic E-state index is 10.8. The van der Waals surface area contributed by atoms with Crippen molar-refractivity contribution in [3.63, 3.8) is 0 Å². The van der Waals surface area contributed by atoms with Crippen molar-refractivity contribution in [1.29, 1.82) is 0 Å². The Bertz CT molecular complexity index is 250. The van der Waals surface area contributed by atoms with Crippen LogP contribution in [0.2, 0.25) is 0 Å². The van der Waals surface area contributed by atoms with Crippen LogP contribution in [0.25, 0.3) is 0 Å². The second-order valence-corrected chi connectivity index (χ2v) is 5.32. The van der Waals surface area contributed by atoms with Gasteiger partial charge < -0.3 is 4.74 Å². The Hall–Kier alpha value is -0.130. The molecule has 0 radical (unpaired) electrons. The zero-order chi connectivity index (χ0) is 9.90. The molecular weight excluding hydrogens is 190 g/mol. The minimum Gasteiger partial charge on any atom is -0.378 e. The lowest BCUT2D eigenvalue weighted by Gasteiger charge is -2.16. The third-order valence-electron chi connectivity index (χ3n) is 2.36. The first-order valence-electron chi connectivity index (χ1n) is 4.59. The smallest absolute Gasteiger partial charge is 0.208 e. The fourth-order valence-electron chi connectivity index (χ4n) is 1.64. The van der Waals surface area contributed by atoms with E-state index in [1.807, 2.05) is 0 Å². The minimum atomic E-state index is -3.05. The van der Waals surface area contributed by atoms with Crippen molar-refractivity contribution in [3.05, 3.63) is 0 Å². The molecule has 4 nitrogen and oxygen atoms in total. The van der Waals surface area contributed by atoms with Gasteiger partial charge in [0.1, 0.15) is 0 Å². The normalized spacial score (nSPS) is 29.4. The van der Waals surface area contributed by atoms with Crippen molar-refractivity contribution >= 4 is 10.0 Å². The van der Waals surface area contributed by atoms with Crippen molar-refractivity contribution in [3.8, 4) is 0 Å². The van der Waals surface area contributed by atoms with Crippen LogP contribution in [-0.4, -0.2) is 33.9 Å². The van der Waals surface area contributed by atoms with E-state index >= 15 is 0 Å². The summed E-state index contributed by atoms with van der Waals surface area (Å²) < 4.78 is 29.6. The van der Waals surface area contributed by atoms with Gasteiger partial charge in [-0.05, 0) is 12.8 Å². The van der Waals surface area contributed by atoms with E-state index in [2.05, 4.69) is 11.6 Å². The fourth-order valence-corrected chi connectivity index (χ4v) is 2.15. The number of ether oxygens (including phenoxy) is 1. The molecule has 0 spiro atoms. The lowest BCUT2D eigenvalue weighted by molar-refractivity contribution is 0.0885. The molecule has 2 atom stereocenters. The first kappa shape index (κ1) is 10.9. The third kappa shape index (κ3) is 3.62. The van der Waals surface area contributed by atoms with Gasteiger partial charge in [0.2, 0.25) is 10.0 Å². The Kier molecular flexibility index (Phi) is 3.70. The van der Waals surface area contributed by atoms with Gasteiger partial charge in [0.15, 0.2) is 0 Å². The summed E-state index contributed by atoms with van der Waals surface area (Å²) in [4.78, 5) is 0. The molecule has 0 amide bonds. The third-order valence-corrected chi connectivity index (χ3v) is 3.05. The molecule has 1 heterocycles. The molecule has 78 valence electrons. The average molecular weight is 207 g/mol. The molecule has 0 aromatic rings. The molecule has 13 heavy (non-hydrogen) atoms. The molecule has 0 saturated carbocycles. The standard InChI is InChI=1S/C8H17NO3S/c1-3-8-7(4-5-12-8)6-9-13(2,10)11/h7-9H,3-6H2,1-2H3. The first-order valence-corrected chi connectivity index (χ1v) is 6.48. The first-order chi connectivity index (χ1) is 6.03. The molecule has 1 fully saturated rings. The van der Waals surface area contributed by atoms with Crippen LogP contribution in [0.4, 0.5) is 0 Å². The number of nitrogens with one attached hydrogen (secondary N) is 1. The summed E-state index contributed by atoms with van der Waals surface area (Å²) in [7, 11) is -3.05. The zero-order valence-corrected chi connectivity index (χ0v) is 8.93. The summed E-state index contributed by atoms with van der Waals surface area (Å²) in [5.41, 5.74) is 0. The van der Waals surface area contributed by atoms with E-state index in [1.54, 1.807) is 0 Å². The maximum Gasteiger partial charge on any atom is 0.208 e. The quantitative estimate of drug-likeness (QED) is 0.723. The monoisotopic (exact) mass is 207 g/mol. The van der Waals surface area contributed by atoms with Crippen LogP contribution in [0.5, 0.6) is 0 Å². The zero-order valence-electron chi connectivity index (χ0n) is 8.12. The minimum absolute atomic E-state index is 0.231. The molecule has 1 aliphatic rings. The van der Waals surface area contributed by atoms with Crippen LogP contribution in [0, 0.1) is 5.92 Å². The van der Waals surface area contributed by atoms with Crippen LogP contribution >= 0.6 is 0 Å². The number of hydrogen-bond acceptors (Lipinski definition) is 3. The molecule has 0 aromatic heterocycles. The number of rotatable bonds is 4. The van der Waals surface area contributed by atoms with Gasteiger partial charge in [0.25, 0.3) is 0 Å². The van der Waals surface area contributed by atoms with Crippen LogP contribution in [0.1, 0.15) is 19.8 Å². The molecule has 0 aromatic carbocycles. The Morgan fingerprint density at radius 1 is 1.54 bits per heavy atom. The average Bonchev–Trinajstić information content (AvgIpc) is 2.46. The SMILES string of the molecule is CCC1OCCC1CNS(C)(=O)=O. The van der Waals surface area contributed by atoms with E-state index in [4.69, 9.17) is 4.74 Å². The van der Waals surface area contributed by atoms with Gasteiger partial charge in [-0.2, -0.15) is 0 Å².